The van der Waals surface area contributed by atoms with E-state index in [2.05, 4.69) is 13.8 Å². The molecule has 0 saturated heterocycles. The van der Waals surface area contributed by atoms with Crippen LogP contribution in [0.3, 0.4) is 0 Å². The molecular weight excluding hydrogens is 588 g/mol. The van der Waals surface area contributed by atoms with Crippen molar-refractivity contribution in [3.8, 4) is 0 Å². The number of aliphatic hydroxyl groups is 6. The van der Waals surface area contributed by atoms with Crippen molar-refractivity contribution in [1.82, 2.24) is 0 Å². The maximum absolute atomic E-state index is 8.67. The van der Waals surface area contributed by atoms with E-state index in [0.717, 1.165) is 12.8 Å². The van der Waals surface area contributed by atoms with Crippen LogP contribution in [0.1, 0.15) is 219 Å². The first kappa shape index (κ1) is 51.1. The molecule has 0 heterocycles. The van der Waals surface area contributed by atoms with Gasteiger partial charge in [-0.2, -0.15) is 0 Å². The molecule has 0 bridgehead atoms. The Morgan fingerprint density at radius 3 is 0.489 bits per heavy atom. The Labute approximate surface area is 294 Å². The van der Waals surface area contributed by atoms with E-state index in [-0.39, 0.29) is 0 Å². The highest BCUT2D eigenvalue weighted by atomic mass is 16.3. The van der Waals surface area contributed by atoms with Crippen molar-refractivity contribution >= 4 is 0 Å². The Bertz CT molecular complexity index is 417. The number of rotatable bonds is 36. The summed E-state index contributed by atoms with van der Waals surface area (Å²) < 4.78 is 0. The lowest BCUT2D eigenvalue weighted by atomic mass is 9.93. The molecule has 6 N–H and O–H groups in total. The van der Waals surface area contributed by atoms with Crippen LogP contribution in [0.2, 0.25) is 0 Å². The quantitative estimate of drug-likeness (QED) is 0.0367. The molecular formula is C41H88O6. The topological polar surface area (TPSA) is 121 Å². The van der Waals surface area contributed by atoms with Crippen LogP contribution in [0.15, 0.2) is 0 Å². The first-order valence-corrected chi connectivity index (χ1v) is 20.7. The summed E-state index contributed by atoms with van der Waals surface area (Å²) >= 11 is 0. The normalized spacial score (nSPS) is 11.2. The summed E-state index contributed by atoms with van der Waals surface area (Å²) in [5.41, 5.74) is -1.11. The van der Waals surface area contributed by atoms with Crippen molar-refractivity contribution in [3.63, 3.8) is 0 Å². The first-order valence-electron chi connectivity index (χ1n) is 20.7. The van der Waals surface area contributed by atoms with Crippen LogP contribution in [0.4, 0.5) is 0 Å². The van der Waals surface area contributed by atoms with Gasteiger partial charge in [-0.25, -0.2) is 0 Å². The van der Waals surface area contributed by atoms with Gasteiger partial charge in [-0.1, -0.05) is 206 Å². The lowest BCUT2D eigenvalue weighted by Crippen LogP contribution is -2.37. The van der Waals surface area contributed by atoms with Gasteiger partial charge in [0, 0.05) is 13.2 Å². The van der Waals surface area contributed by atoms with Gasteiger partial charge >= 0.3 is 0 Å². The summed E-state index contributed by atoms with van der Waals surface area (Å²) in [5.74, 6) is 0. The Hall–Kier alpha value is -0.240. The molecule has 0 aromatic carbocycles. The van der Waals surface area contributed by atoms with Crippen LogP contribution in [0.25, 0.3) is 0 Å². The third kappa shape index (κ3) is 45.8. The lowest BCUT2D eigenvalue weighted by Gasteiger charge is -2.23. The smallest absolute Gasteiger partial charge is 0.0627 e. The second-order valence-electron chi connectivity index (χ2n) is 14.2. The SMILES string of the molecule is CCCCCCCCCCCCCCCCCCO.CCCCCCCCCCCCCCCCCCO.OCC(CO)(CO)CO. The summed E-state index contributed by atoms with van der Waals surface area (Å²) in [6.45, 7) is 3.69. The lowest BCUT2D eigenvalue weighted by molar-refractivity contribution is -0.0328. The van der Waals surface area contributed by atoms with Crippen molar-refractivity contribution in [1.29, 1.82) is 0 Å². The minimum absolute atomic E-state index is 0.373. The van der Waals surface area contributed by atoms with E-state index >= 15 is 0 Å². The fraction of sp³-hybridized carbons (Fsp3) is 1.00. The van der Waals surface area contributed by atoms with Crippen molar-refractivity contribution in [2.45, 2.75) is 219 Å². The van der Waals surface area contributed by atoms with Gasteiger partial charge in [-0.05, 0) is 12.8 Å². The zero-order chi connectivity index (χ0) is 35.4. The monoisotopic (exact) mass is 677 g/mol. The molecule has 288 valence electrons. The van der Waals surface area contributed by atoms with Crippen LogP contribution in [0.5, 0.6) is 0 Å². The predicted octanol–water partition coefficient (Wildman–Crippen LogP) is 10.4. The Kier molecular flexibility index (Phi) is 52.1. The molecule has 47 heavy (non-hydrogen) atoms. The molecule has 0 atom stereocenters. The minimum Gasteiger partial charge on any atom is -0.396 e. The first-order chi connectivity index (χ1) is 23.1. The van der Waals surface area contributed by atoms with E-state index in [1.165, 1.54) is 193 Å². The Morgan fingerprint density at radius 2 is 0.383 bits per heavy atom. The van der Waals surface area contributed by atoms with E-state index in [4.69, 9.17) is 30.6 Å². The molecule has 6 heteroatoms. The van der Waals surface area contributed by atoms with E-state index in [1.54, 1.807) is 0 Å². The van der Waals surface area contributed by atoms with Crippen LogP contribution < -0.4 is 0 Å². The van der Waals surface area contributed by atoms with E-state index in [9.17, 15) is 0 Å². The van der Waals surface area contributed by atoms with E-state index < -0.39 is 31.8 Å². The summed E-state index contributed by atoms with van der Waals surface area (Å²) in [7, 11) is 0. The Balaban J connectivity index is -0.000000658. The molecule has 0 saturated carbocycles. The summed E-state index contributed by atoms with van der Waals surface area (Å²) in [5, 5.41) is 51.3. The molecule has 0 unspecified atom stereocenters. The fourth-order valence-electron chi connectivity index (χ4n) is 5.62. The molecule has 0 aromatic heterocycles. The number of hydrogen-bond donors (Lipinski definition) is 6. The second-order valence-corrected chi connectivity index (χ2v) is 14.2. The van der Waals surface area contributed by atoms with Crippen LogP contribution in [0, 0.1) is 5.41 Å². The maximum Gasteiger partial charge on any atom is 0.0627 e. The van der Waals surface area contributed by atoms with Crippen LogP contribution in [-0.4, -0.2) is 70.3 Å². The van der Waals surface area contributed by atoms with Gasteiger partial charge in [0.15, 0.2) is 0 Å². The van der Waals surface area contributed by atoms with Crippen molar-refractivity contribution in [2.24, 2.45) is 5.41 Å². The highest BCUT2D eigenvalue weighted by molar-refractivity contribution is 4.75. The third-order valence-corrected chi connectivity index (χ3v) is 9.36. The highest BCUT2D eigenvalue weighted by Gasteiger charge is 2.26. The number of aliphatic hydroxyl groups excluding tert-OH is 6. The summed E-state index contributed by atoms with van der Waals surface area (Å²) in [6, 6.07) is 0. The summed E-state index contributed by atoms with van der Waals surface area (Å²) in [6.07, 6.45) is 44.3. The Morgan fingerprint density at radius 1 is 0.234 bits per heavy atom. The van der Waals surface area contributed by atoms with Crippen LogP contribution in [-0.2, 0) is 0 Å². The van der Waals surface area contributed by atoms with Gasteiger partial charge in [0.1, 0.15) is 0 Å². The number of hydrogen-bond acceptors (Lipinski definition) is 6. The van der Waals surface area contributed by atoms with Crippen molar-refractivity contribution in [2.75, 3.05) is 39.6 Å². The molecule has 0 radical (unpaired) electrons. The third-order valence-electron chi connectivity index (χ3n) is 9.36. The molecule has 0 aliphatic carbocycles. The molecule has 0 aliphatic heterocycles. The van der Waals surface area contributed by atoms with Gasteiger partial charge < -0.3 is 30.6 Å². The second kappa shape index (κ2) is 47.9. The molecule has 0 spiro atoms. The van der Waals surface area contributed by atoms with E-state index in [0.29, 0.717) is 13.2 Å². The molecule has 0 aliphatic rings. The molecule has 0 aromatic rings. The highest BCUT2D eigenvalue weighted by Crippen LogP contribution is 2.15. The minimum atomic E-state index is -1.11. The molecule has 0 amide bonds. The van der Waals surface area contributed by atoms with Gasteiger partial charge in [-0.15, -0.1) is 0 Å². The van der Waals surface area contributed by atoms with Crippen LogP contribution >= 0.6 is 0 Å². The average Bonchev–Trinajstić information content (AvgIpc) is 3.10. The fourth-order valence-corrected chi connectivity index (χ4v) is 5.62. The van der Waals surface area contributed by atoms with E-state index in [1.807, 2.05) is 0 Å². The number of unbranched alkanes of at least 4 members (excludes halogenated alkanes) is 30. The maximum atomic E-state index is 8.67. The van der Waals surface area contributed by atoms with Gasteiger partial charge in [0.25, 0.3) is 0 Å². The average molecular weight is 677 g/mol. The van der Waals surface area contributed by atoms with Crippen molar-refractivity contribution in [3.05, 3.63) is 0 Å². The van der Waals surface area contributed by atoms with Crippen molar-refractivity contribution < 1.29 is 30.6 Å². The molecule has 6 nitrogen and oxygen atoms in total. The zero-order valence-corrected chi connectivity index (χ0v) is 32.1. The van der Waals surface area contributed by atoms with Gasteiger partial charge in [0.2, 0.25) is 0 Å². The van der Waals surface area contributed by atoms with Gasteiger partial charge in [0.05, 0.1) is 31.8 Å². The zero-order valence-electron chi connectivity index (χ0n) is 32.1. The summed E-state index contributed by atoms with van der Waals surface area (Å²) in [4.78, 5) is 0. The predicted molar refractivity (Wildman–Crippen MR) is 204 cm³/mol. The molecule has 0 rings (SSSR count). The standard InChI is InChI=1S/2C18H38O.C5H12O4/c2*1-2-3-4-5-6-7-8-9-10-11-12-13-14-15-16-17-18-19;6-1-5(2-7,3-8)4-9/h2*19H,2-18H2,1H3;6-9H,1-4H2. The largest absolute Gasteiger partial charge is 0.396 e. The molecule has 0 fully saturated rings. The van der Waals surface area contributed by atoms with Gasteiger partial charge in [-0.3, -0.25) is 0 Å².